The molecule has 2 nitrogen and oxygen atoms in total. The Morgan fingerprint density at radius 2 is 2.10 bits per heavy atom. The molecule has 104 valence electrons. The SMILES string of the molecule is Cc1cccc(C(O)c2ccc3c(c2)CC(C)O3)c1I. The van der Waals surface area contributed by atoms with Gasteiger partial charge in [-0.1, -0.05) is 24.3 Å². The molecule has 0 bridgehead atoms. The van der Waals surface area contributed by atoms with E-state index in [9.17, 15) is 5.11 Å². The standard InChI is InChI=1S/C17H17IO2/c1-10-4-3-5-14(16(10)18)17(19)12-6-7-15-13(9-12)8-11(2)20-15/h3-7,9,11,17,19H,8H2,1-2H3. The fourth-order valence-electron chi connectivity index (χ4n) is 2.67. The molecule has 0 amide bonds. The summed E-state index contributed by atoms with van der Waals surface area (Å²) >= 11 is 2.30. The van der Waals surface area contributed by atoms with Crippen LogP contribution in [0, 0.1) is 10.5 Å². The zero-order chi connectivity index (χ0) is 14.3. The summed E-state index contributed by atoms with van der Waals surface area (Å²) in [7, 11) is 0. The van der Waals surface area contributed by atoms with E-state index in [1.165, 1.54) is 11.1 Å². The summed E-state index contributed by atoms with van der Waals surface area (Å²) < 4.78 is 6.83. The Balaban J connectivity index is 1.97. The summed E-state index contributed by atoms with van der Waals surface area (Å²) in [4.78, 5) is 0. The Hall–Kier alpha value is -1.07. The Morgan fingerprint density at radius 1 is 1.30 bits per heavy atom. The van der Waals surface area contributed by atoms with Gasteiger partial charge in [-0.05, 0) is 70.8 Å². The number of aliphatic hydroxyl groups is 1. The molecule has 0 saturated heterocycles. The minimum absolute atomic E-state index is 0.233. The van der Waals surface area contributed by atoms with Gasteiger partial charge in [-0.15, -0.1) is 0 Å². The fraction of sp³-hybridized carbons (Fsp3) is 0.294. The van der Waals surface area contributed by atoms with Gasteiger partial charge in [-0.25, -0.2) is 0 Å². The number of halogens is 1. The average Bonchev–Trinajstić information content (AvgIpc) is 2.80. The molecular weight excluding hydrogens is 363 g/mol. The van der Waals surface area contributed by atoms with E-state index in [1.54, 1.807) is 0 Å². The van der Waals surface area contributed by atoms with Crippen LogP contribution in [0.5, 0.6) is 5.75 Å². The lowest BCUT2D eigenvalue weighted by Gasteiger charge is -2.15. The van der Waals surface area contributed by atoms with Crippen molar-refractivity contribution in [2.75, 3.05) is 0 Å². The molecule has 0 aliphatic carbocycles. The summed E-state index contributed by atoms with van der Waals surface area (Å²) in [6.07, 6.45) is 0.570. The first-order chi connectivity index (χ1) is 9.56. The summed E-state index contributed by atoms with van der Waals surface area (Å²) in [5.41, 5.74) is 4.29. The topological polar surface area (TPSA) is 29.5 Å². The molecule has 2 unspecified atom stereocenters. The quantitative estimate of drug-likeness (QED) is 0.798. The van der Waals surface area contributed by atoms with Gasteiger partial charge < -0.3 is 9.84 Å². The maximum atomic E-state index is 10.6. The van der Waals surface area contributed by atoms with E-state index in [2.05, 4.69) is 48.6 Å². The second-order valence-electron chi connectivity index (χ2n) is 5.38. The zero-order valence-electron chi connectivity index (χ0n) is 11.6. The molecule has 1 aliphatic rings. The van der Waals surface area contributed by atoms with Gasteiger partial charge in [-0.3, -0.25) is 0 Å². The smallest absolute Gasteiger partial charge is 0.123 e. The molecule has 2 aromatic carbocycles. The van der Waals surface area contributed by atoms with Crippen LogP contribution in [0.15, 0.2) is 36.4 Å². The Labute approximate surface area is 132 Å². The van der Waals surface area contributed by atoms with Gasteiger partial charge in [0.2, 0.25) is 0 Å². The van der Waals surface area contributed by atoms with Gasteiger partial charge in [0.05, 0.1) is 0 Å². The fourth-order valence-corrected chi connectivity index (χ4v) is 3.33. The third-order valence-corrected chi connectivity index (χ3v) is 5.23. The second-order valence-corrected chi connectivity index (χ2v) is 6.46. The van der Waals surface area contributed by atoms with Crippen LogP contribution in [0.25, 0.3) is 0 Å². The number of ether oxygens (including phenoxy) is 1. The van der Waals surface area contributed by atoms with Crippen LogP contribution in [0.1, 0.15) is 35.3 Å². The molecule has 1 N–H and O–H groups in total. The first-order valence-corrected chi connectivity index (χ1v) is 7.86. The molecule has 2 aromatic rings. The first-order valence-electron chi connectivity index (χ1n) is 6.79. The number of rotatable bonds is 2. The number of aliphatic hydroxyl groups excluding tert-OH is 1. The van der Waals surface area contributed by atoms with Crippen molar-refractivity contribution in [3.8, 4) is 5.75 Å². The van der Waals surface area contributed by atoms with Crippen LogP contribution in [0.4, 0.5) is 0 Å². The normalized spacial score (nSPS) is 18.5. The first kappa shape index (κ1) is 13.9. The van der Waals surface area contributed by atoms with E-state index in [1.807, 2.05) is 24.3 Å². The highest BCUT2D eigenvalue weighted by Gasteiger charge is 2.21. The number of aryl methyl sites for hydroxylation is 1. The molecule has 20 heavy (non-hydrogen) atoms. The van der Waals surface area contributed by atoms with Gasteiger partial charge in [0.25, 0.3) is 0 Å². The third-order valence-electron chi connectivity index (χ3n) is 3.75. The van der Waals surface area contributed by atoms with Crippen molar-refractivity contribution in [3.63, 3.8) is 0 Å². The summed E-state index contributed by atoms with van der Waals surface area (Å²) in [5.74, 6) is 0.951. The summed E-state index contributed by atoms with van der Waals surface area (Å²) in [6.45, 7) is 4.13. The van der Waals surface area contributed by atoms with E-state index in [0.717, 1.165) is 26.9 Å². The largest absolute Gasteiger partial charge is 0.490 e. The van der Waals surface area contributed by atoms with Crippen molar-refractivity contribution >= 4 is 22.6 Å². The maximum Gasteiger partial charge on any atom is 0.123 e. The van der Waals surface area contributed by atoms with E-state index in [0.29, 0.717) is 0 Å². The van der Waals surface area contributed by atoms with E-state index in [-0.39, 0.29) is 6.10 Å². The van der Waals surface area contributed by atoms with Crippen molar-refractivity contribution in [3.05, 3.63) is 62.2 Å². The summed E-state index contributed by atoms with van der Waals surface area (Å²) in [6, 6.07) is 12.1. The van der Waals surface area contributed by atoms with Crippen LogP contribution in [0.2, 0.25) is 0 Å². The highest BCUT2D eigenvalue weighted by Crippen LogP contribution is 2.34. The Morgan fingerprint density at radius 3 is 2.90 bits per heavy atom. The Bertz CT molecular complexity index is 651. The van der Waals surface area contributed by atoms with E-state index in [4.69, 9.17) is 4.74 Å². The monoisotopic (exact) mass is 380 g/mol. The van der Waals surface area contributed by atoms with Crippen molar-refractivity contribution in [1.29, 1.82) is 0 Å². The van der Waals surface area contributed by atoms with Gasteiger partial charge in [0.15, 0.2) is 0 Å². The van der Waals surface area contributed by atoms with Crippen LogP contribution < -0.4 is 4.74 Å². The highest BCUT2D eigenvalue weighted by atomic mass is 127. The molecule has 0 fully saturated rings. The third kappa shape index (κ3) is 2.44. The second kappa shape index (κ2) is 5.37. The maximum absolute atomic E-state index is 10.6. The molecule has 3 rings (SSSR count). The zero-order valence-corrected chi connectivity index (χ0v) is 13.7. The lowest BCUT2D eigenvalue weighted by molar-refractivity contribution is 0.219. The number of benzene rings is 2. The lowest BCUT2D eigenvalue weighted by Crippen LogP contribution is -2.05. The molecule has 0 aromatic heterocycles. The van der Waals surface area contributed by atoms with E-state index < -0.39 is 6.10 Å². The van der Waals surface area contributed by atoms with Gasteiger partial charge in [0.1, 0.15) is 18.0 Å². The molecule has 0 spiro atoms. The molecule has 2 atom stereocenters. The predicted molar refractivity (Wildman–Crippen MR) is 88.2 cm³/mol. The van der Waals surface area contributed by atoms with Gasteiger partial charge in [-0.2, -0.15) is 0 Å². The molecule has 3 heteroatoms. The van der Waals surface area contributed by atoms with Crippen LogP contribution in [-0.4, -0.2) is 11.2 Å². The predicted octanol–water partition coefficient (Wildman–Crippen LogP) is 4.00. The number of hydrogen-bond acceptors (Lipinski definition) is 2. The van der Waals surface area contributed by atoms with Crippen molar-refractivity contribution in [2.45, 2.75) is 32.5 Å². The molecular formula is C17H17IO2. The van der Waals surface area contributed by atoms with Gasteiger partial charge >= 0.3 is 0 Å². The molecule has 0 radical (unpaired) electrons. The van der Waals surface area contributed by atoms with Crippen molar-refractivity contribution in [1.82, 2.24) is 0 Å². The van der Waals surface area contributed by atoms with Crippen LogP contribution in [0.3, 0.4) is 0 Å². The minimum Gasteiger partial charge on any atom is -0.490 e. The number of fused-ring (bicyclic) bond motifs is 1. The minimum atomic E-state index is -0.581. The lowest BCUT2D eigenvalue weighted by atomic mass is 9.97. The van der Waals surface area contributed by atoms with Gasteiger partial charge in [0, 0.05) is 9.99 Å². The molecule has 1 aliphatic heterocycles. The molecule has 0 saturated carbocycles. The number of hydrogen-bond donors (Lipinski definition) is 1. The van der Waals surface area contributed by atoms with Crippen molar-refractivity contribution in [2.24, 2.45) is 0 Å². The van der Waals surface area contributed by atoms with E-state index >= 15 is 0 Å². The highest BCUT2D eigenvalue weighted by molar-refractivity contribution is 14.1. The Kier molecular flexibility index (Phi) is 3.73. The molecule has 1 heterocycles. The summed E-state index contributed by atoms with van der Waals surface area (Å²) in [5, 5.41) is 10.6. The van der Waals surface area contributed by atoms with Crippen LogP contribution in [-0.2, 0) is 6.42 Å². The average molecular weight is 380 g/mol. The van der Waals surface area contributed by atoms with Crippen molar-refractivity contribution < 1.29 is 9.84 Å². The van der Waals surface area contributed by atoms with Crippen LogP contribution >= 0.6 is 22.6 Å².